The van der Waals surface area contributed by atoms with Crippen LogP contribution >= 0.6 is 0 Å². The van der Waals surface area contributed by atoms with Gasteiger partial charge in [0.15, 0.2) is 0 Å². The predicted molar refractivity (Wildman–Crippen MR) is 60.0 cm³/mol. The molecule has 0 bridgehead atoms. The Hall–Kier alpha value is -0.700. The summed E-state index contributed by atoms with van der Waals surface area (Å²) >= 11 is 0. The molecule has 1 aliphatic heterocycles. The zero-order chi connectivity index (χ0) is 11.0. The first-order chi connectivity index (χ1) is 6.21. The molecule has 1 aliphatic rings. The number of nitrogens with one attached hydrogen (secondary N) is 2. The van der Waals surface area contributed by atoms with Gasteiger partial charge < -0.3 is 5.43 Å². The molecule has 0 saturated heterocycles. The highest BCUT2D eigenvalue weighted by molar-refractivity contribution is 5.11. The largest absolute Gasteiger partial charge is 0.306 e. The highest BCUT2D eigenvalue weighted by atomic mass is 15.7. The third-order valence-corrected chi connectivity index (χ3v) is 2.39. The van der Waals surface area contributed by atoms with E-state index in [2.05, 4.69) is 51.8 Å². The van der Waals surface area contributed by atoms with E-state index in [-0.39, 0.29) is 5.41 Å². The van der Waals surface area contributed by atoms with Crippen LogP contribution in [-0.4, -0.2) is 12.1 Å². The minimum atomic E-state index is 0.190. The summed E-state index contributed by atoms with van der Waals surface area (Å²) in [5.41, 5.74) is 8.06. The standard InChI is InChI=1S/C11H23N3/c1-10(2,3)8-11(4,5)9-7-14(6)13-12-9/h7,12-13H,8H2,1-6H3. The number of hydrogen-bond acceptors (Lipinski definition) is 3. The minimum Gasteiger partial charge on any atom is -0.306 e. The molecule has 0 saturated carbocycles. The summed E-state index contributed by atoms with van der Waals surface area (Å²) in [5.74, 6) is 0. The van der Waals surface area contributed by atoms with Gasteiger partial charge in [-0.1, -0.05) is 34.6 Å². The Kier molecular flexibility index (Phi) is 2.81. The number of hydrogen-bond donors (Lipinski definition) is 2. The number of hydrazine groups is 2. The minimum absolute atomic E-state index is 0.190. The van der Waals surface area contributed by atoms with E-state index in [9.17, 15) is 0 Å². The molecule has 0 aromatic carbocycles. The lowest BCUT2D eigenvalue weighted by atomic mass is 9.74. The van der Waals surface area contributed by atoms with Crippen molar-refractivity contribution in [3.8, 4) is 0 Å². The summed E-state index contributed by atoms with van der Waals surface area (Å²) < 4.78 is 0. The van der Waals surface area contributed by atoms with Crippen LogP contribution in [0, 0.1) is 10.8 Å². The van der Waals surface area contributed by atoms with Gasteiger partial charge in [-0.05, 0) is 11.8 Å². The van der Waals surface area contributed by atoms with Gasteiger partial charge in [0.1, 0.15) is 0 Å². The molecule has 0 fully saturated rings. The second kappa shape index (κ2) is 3.46. The maximum atomic E-state index is 3.21. The molecule has 14 heavy (non-hydrogen) atoms. The highest BCUT2D eigenvalue weighted by Crippen LogP contribution is 2.38. The van der Waals surface area contributed by atoms with Crippen molar-refractivity contribution in [1.29, 1.82) is 0 Å². The molecular weight excluding hydrogens is 174 g/mol. The second-order valence-electron chi connectivity index (χ2n) is 6.01. The molecule has 0 aromatic heterocycles. The van der Waals surface area contributed by atoms with E-state index in [4.69, 9.17) is 0 Å². The summed E-state index contributed by atoms with van der Waals surface area (Å²) in [7, 11) is 1.99. The topological polar surface area (TPSA) is 27.3 Å². The number of rotatable bonds is 2. The van der Waals surface area contributed by atoms with E-state index in [0.717, 1.165) is 6.42 Å². The van der Waals surface area contributed by atoms with E-state index in [0.29, 0.717) is 5.41 Å². The summed E-state index contributed by atoms with van der Waals surface area (Å²) in [6.07, 6.45) is 3.28. The molecule has 0 unspecified atom stereocenters. The van der Waals surface area contributed by atoms with Crippen LogP contribution in [0.25, 0.3) is 0 Å². The molecule has 0 spiro atoms. The number of allylic oxidation sites excluding steroid dienone is 1. The molecule has 0 aliphatic carbocycles. The summed E-state index contributed by atoms with van der Waals surface area (Å²) in [6, 6.07) is 0. The Morgan fingerprint density at radius 3 is 2.14 bits per heavy atom. The van der Waals surface area contributed by atoms with Gasteiger partial charge in [-0.25, -0.2) is 0 Å². The summed E-state index contributed by atoms with van der Waals surface area (Å²) in [4.78, 5) is 0. The van der Waals surface area contributed by atoms with E-state index < -0.39 is 0 Å². The van der Waals surface area contributed by atoms with Crippen molar-refractivity contribution in [3.05, 3.63) is 11.9 Å². The van der Waals surface area contributed by atoms with Crippen molar-refractivity contribution in [1.82, 2.24) is 16.0 Å². The lowest BCUT2D eigenvalue weighted by Gasteiger charge is -2.32. The molecule has 0 aromatic rings. The van der Waals surface area contributed by atoms with Crippen LogP contribution in [-0.2, 0) is 0 Å². The van der Waals surface area contributed by atoms with Crippen molar-refractivity contribution in [2.75, 3.05) is 7.05 Å². The molecule has 82 valence electrons. The van der Waals surface area contributed by atoms with Gasteiger partial charge in [0.2, 0.25) is 0 Å². The van der Waals surface area contributed by atoms with Gasteiger partial charge in [0.25, 0.3) is 0 Å². The van der Waals surface area contributed by atoms with Gasteiger partial charge in [-0.2, -0.15) is 0 Å². The lowest BCUT2D eigenvalue weighted by molar-refractivity contribution is 0.236. The fourth-order valence-corrected chi connectivity index (χ4v) is 2.17. The van der Waals surface area contributed by atoms with Crippen LogP contribution in [0.1, 0.15) is 41.0 Å². The van der Waals surface area contributed by atoms with Crippen LogP contribution in [0.2, 0.25) is 0 Å². The normalized spacial score (nSPS) is 18.1. The van der Waals surface area contributed by atoms with Gasteiger partial charge in [-0.15, -0.1) is 5.53 Å². The molecule has 0 atom stereocenters. The van der Waals surface area contributed by atoms with Crippen molar-refractivity contribution < 1.29 is 0 Å². The maximum Gasteiger partial charge on any atom is 0.0509 e. The molecule has 1 heterocycles. The fraction of sp³-hybridized carbons (Fsp3) is 0.818. The van der Waals surface area contributed by atoms with Crippen molar-refractivity contribution in [2.45, 2.75) is 41.0 Å². The first-order valence-corrected chi connectivity index (χ1v) is 5.17. The van der Waals surface area contributed by atoms with E-state index >= 15 is 0 Å². The second-order valence-corrected chi connectivity index (χ2v) is 6.01. The Morgan fingerprint density at radius 1 is 1.21 bits per heavy atom. The Bertz CT molecular complexity index is 235. The van der Waals surface area contributed by atoms with Crippen molar-refractivity contribution in [2.24, 2.45) is 10.8 Å². The summed E-state index contributed by atoms with van der Waals surface area (Å²) in [6.45, 7) is 11.4. The summed E-state index contributed by atoms with van der Waals surface area (Å²) in [5, 5.41) is 1.94. The van der Waals surface area contributed by atoms with Crippen LogP contribution in [0.5, 0.6) is 0 Å². The SMILES string of the molecule is CN1C=C(C(C)(C)CC(C)(C)C)NN1. The maximum absolute atomic E-state index is 3.21. The first-order valence-electron chi connectivity index (χ1n) is 5.17. The van der Waals surface area contributed by atoms with Gasteiger partial charge in [0, 0.05) is 18.7 Å². The van der Waals surface area contributed by atoms with Crippen LogP contribution in [0.3, 0.4) is 0 Å². The van der Waals surface area contributed by atoms with E-state index in [1.165, 1.54) is 5.70 Å². The molecule has 0 amide bonds. The van der Waals surface area contributed by atoms with Crippen LogP contribution in [0.15, 0.2) is 11.9 Å². The first kappa shape index (κ1) is 11.4. The zero-order valence-electron chi connectivity index (χ0n) is 10.2. The molecule has 3 heteroatoms. The van der Waals surface area contributed by atoms with Crippen LogP contribution in [0.4, 0.5) is 0 Å². The quantitative estimate of drug-likeness (QED) is 0.711. The molecule has 1 rings (SSSR count). The van der Waals surface area contributed by atoms with Crippen molar-refractivity contribution in [3.63, 3.8) is 0 Å². The monoisotopic (exact) mass is 197 g/mol. The zero-order valence-corrected chi connectivity index (χ0v) is 10.2. The van der Waals surface area contributed by atoms with E-state index in [1.807, 2.05) is 12.1 Å². The molecule has 2 N–H and O–H groups in total. The highest BCUT2D eigenvalue weighted by Gasteiger charge is 2.31. The Morgan fingerprint density at radius 2 is 1.79 bits per heavy atom. The third-order valence-electron chi connectivity index (χ3n) is 2.39. The predicted octanol–water partition coefficient (Wildman–Crippen LogP) is 2.24. The average Bonchev–Trinajstić information content (AvgIpc) is 2.29. The van der Waals surface area contributed by atoms with Gasteiger partial charge in [0.05, 0.1) is 5.70 Å². The number of nitrogens with zero attached hydrogens (tertiary/aromatic N) is 1. The van der Waals surface area contributed by atoms with Gasteiger partial charge >= 0.3 is 0 Å². The molecule has 3 nitrogen and oxygen atoms in total. The molecule has 0 radical (unpaired) electrons. The molecular formula is C11H23N3. The third kappa shape index (κ3) is 2.91. The fourth-order valence-electron chi connectivity index (χ4n) is 2.17. The van der Waals surface area contributed by atoms with Gasteiger partial charge in [-0.3, -0.25) is 5.01 Å². The Balaban J connectivity index is 2.70. The van der Waals surface area contributed by atoms with Crippen molar-refractivity contribution >= 4 is 0 Å². The Labute approximate surface area is 87.5 Å². The smallest absolute Gasteiger partial charge is 0.0509 e. The van der Waals surface area contributed by atoms with Crippen LogP contribution < -0.4 is 11.0 Å². The average molecular weight is 197 g/mol. The van der Waals surface area contributed by atoms with E-state index in [1.54, 1.807) is 0 Å². The lowest BCUT2D eigenvalue weighted by Crippen LogP contribution is -2.37.